The van der Waals surface area contributed by atoms with Crippen molar-refractivity contribution in [2.45, 2.75) is 44.7 Å². The van der Waals surface area contributed by atoms with Gasteiger partial charge in [-0.05, 0) is 55.2 Å². The van der Waals surface area contributed by atoms with Gasteiger partial charge in [-0.2, -0.15) is 0 Å². The molecule has 2 fully saturated rings. The summed E-state index contributed by atoms with van der Waals surface area (Å²) in [4.78, 5) is 24.0. The van der Waals surface area contributed by atoms with Crippen molar-refractivity contribution in [3.8, 4) is 0 Å². The summed E-state index contributed by atoms with van der Waals surface area (Å²) in [6.07, 6.45) is 5.46. The molecule has 1 aromatic rings. The average molecular weight is 329 g/mol. The van der Waals surface area contributed by atoms with Crippen LogP contribution in [0.25, 0.3) is 0 Å². The Labute approximate surface area is 143 Å². The molecule has 2 aliphatic rings. The smallest absolute Gasteiger partial charge is 0.251 e. The van der Waals surface area contributed by atoms with Gasteiger partial charge in [-0.1, -0.05) is 18.6 Å². The molecule has 0 spiro atoms. The normalized spacial score (nSPS) is 28.9. The molecule has 0 saturated heterocycles. The lowest BCUT2D eigenvalue weighted by atomic mass is 9.65. The molecule has 2 atom stereocenters. The Kier molecular flexibility index (Phi) is 5.19. The van der Waals surface area contributed by atoms with Gasteiger partial charge in [0.15, 0.2) is 0 Å². The quantitative estimate of drug-likeness (QED) is 0.788. The molecule has 0 radical (unpaired) electrons. The molecule has 5 nitrogen and oxygen atoms in total. The van der Waals surface area contributed by atoms with Gasteiger partial charge in [-0.15, -0.1) is 0 Å². The van der Waals surface area contributed by atoms with Crippen molar-refractivity contribution >= 4 is 11.8 Å². The number of amides is 2. The van der Waals surface area contributed by atoms with Gasteiger partial charge >= 0.3 is 0 Å². The molecule has 24 heavy (non-hydrogen) atoms. The van der Waals surface area contributed by atoms with Crippen LogP contribution in [0.2, 0.25) is 0 Å². The van der Waals surface area contributed by atoms with Crippen LogP contribution in [0.4, 0.5) is 0 Å². The van der Waals surface area contributed by atoms with Crippen molar-refractivity contribution in [3.05, 3.63) is 35.4 Å². The summed E-state index contributed by atoms with van der Waals surface area (Å²) in [6.45, 7) is 0.505. The predicted octanol–water partition coefficient (Wildman–Crippen LogP) is 1.82. The Morgan fingerprint density at radius 1 is 1.12 bits per heavy atom. The maximum atomic E-state index is 12.5. The zero-order chi connectivity index (χ0) is 17.1. The van der Waals surface area contributed by atoms with E-state index in [4.69, 9.17) is 5.73 Å². The number of carbonyl (C=O) groups excluding carboxylic acids is 2. The van der Waals surface area contributed by atoms with Crippen LogP contribution in [0.15, 0.2) is 24.3 Å². The van der Waals surface area contributed by atoms with Crippen LogP contribution in [-0.4, -0.2) is 24.9 Å². The summed E-state index contributed by atoms with van der Waals surface area (Å²) in [5.41, 5.74) is 7.93. The number of hydrogen-bond donors (Lipinski definition) is 3. The van der Waals surface area contributed by atoms with Gasteiger partial charge in [-0.25, -0.2) is 0 Å². The first-order valence-corrected chi connectivity index (χ1v) is 8.92. The van der Waals surface area contributed by atoms with E-state index in [-0.39, 0.29) is 17.7 Å². The van der Waals surface area contributed by atoms with Crippen LogP contribution in [0.5, 0.6) is 0 Å². The molecule has 0 aliphatic heterocycles. The second-order valence-electron chi connectivity index (χ2n) is 7.19. The van der Waals surface area contributed by atoms with Crippen molar-refractivity contribution in [2.24, 2.45) is 23.5 Å². The zero-order valence-corrected chi connectivity index (χ0v) is 14.3. The van der Waals surface area contributed by atoms with Crippen molar-refractivity contribution in [2.75, 3.05) is 7.05 Å². The second kappa shape index (κ2) is 7.34. The van der Waals surface area contributed by atoms with Crippen molar-refractivity contribution in [1.29, 1.82) is 0 Å². The van der Waals surface area contributed by atoms with Crippen LogP contribution in [0.3, 0.4) is 0 Å². The van der Waals surface area contributed by atoms with E-state index in [9.17, 15) is 9.59 Å². The van der Waals surface area contributed by atoms with E-state index in [2.05, 4.69) is 10.6 Å². The third kappa shape index (κ3) is 3.61. The van der Waals surface area contributed by atoms with Crippen LogP contribution in [0.1, 0.15) is 48.0 Å². The fraction of sp³-hybridized carbons (Fsp3) is 0.579. The van der Waals surface area contributed by atoms with Gasteiger partial charge in [0.25, 0.3) is 5.91 Å². The second-order valence-corrected chi connectivity index (χ2v) is 7.19. The maximum Gasteiger partial charge on any atom is 0.251 e. The molecular formula is C19H27N3O2. The maximum absolute atomic E-state index is 12.5. The molecule has 2 amide bonds. The Morgan fingerprint density at radius 3 is 2.33 bits per heavy atom. The Bertz CT molecular complexity index is 585. The summed E-state index contributed by atoms with van der Waals surface area (Å²) in [6, 6.07) is 7.63. The fourth-order valence-corrected chi connectivity index (χ4v) is 4.26. The number of rotatable bonds is 4. The Hall–Kier alpha value is -1.88. The predicted molar refractivity (Wildman–Crippen MR) is 93.2 cm³/mol. The molecule has 3 rings (SSSR count). The number of benzene rings is 1. The van der Waals surface area contributed by atoms with E-state index in [0.717, 1.165) is 18.4 Å². The first kappa shape index (κ1) is 17.0. The van der Waals surface area contributed by atoms with Crippen molar-refractivity contribution < 1.29 is 9.59 Å². The molecule has 5 heteroatoms. The number of hydrogen-bond acceptors (Lipinski definition) is 3. The lowest BCUT2D eigenvalue weighted by Crippen LogP contribution is -2.49. The number of carbonyl (C=O) groups is 2. The van der Waals surface area contributed by atoms with E-state index in [1.165, 1.54) is 19.3 Å². The highest BCUT2D eigenvalue weighted by Crippen LogP contribution is 2.41. The topological polar surface area (TPSA) is 84.2 Å². The van der Waals surface area contributed by atoms with E-state index in [1.54, 1.807) is 19.2 Å². The van der Waals surface area contributed by atoms with E-state index >= 15 is 0 Å². The van der Waals surface area contributed by atoms with Crippen LogP contribution in [0, 0.1) is 17.8 Å². The highest BCUT2D eigenvalue weighted by molar-refractivity contribution is 5.93. The lowest BCUT2D eigenvalue weighted by Gasteiger charge is -2.43. The van der Waals surface area contributed by atoms with E-state index in [1.807, 2.05) is 12.1 Å². The average Bonchev–Trinajstić information content (AvgIpc) is 2.59. The molecule has 2 saturated carbocycles. The summed E-state index contributed by atoms with van der Waals surface area (Å²) in [5, 5.41) is 5.65. The highest BCUT2D eigenvalue weighted by Gasteiger charge is 2.40. The number of fused-ring (bicyclic) bond motifs is 2. The molecule has 0 aromatic heterocycles. The molecule has 130 valence electrons. The SMILES string of the molecule is CNC(=O)c1ccc(CNC(=O)C2CC3CCCC(C2)C3N)cc1. The van der Waals surface area contributed by atoms with Crippen LogP contribution >= 0.6 is 0 Å². The Morgan fingerprint density at radius 2 is 1.75 bits per heavy atom. The Balaban J connectivity index is 1.53. The van der Waals surface area contributed by atoms with Gasteiger partial charge in [0.2, 0.25) is 5.91 Å². The molecule has 2 aliphatic carbocycles. The molecule has 4 N–H and O–H groups in total. The molecule has 2 unspecified atom stereocenters. The summed E-state index contributed by atoms with van der Waals surface area (Å²) in [7, 11) is 1.61. The third-order valence-electron chi connectivity index (χ3n) is 5.69. The van der Waals surface area contributed by atoms with Gasteiger partial charge in [0.1, 0.15) is 0 Å². The van der Waals surface area contributed by atoms with Crippen LogP contribution in [-0.2, 0) is 11.3 Å². The van der Waals surface area contributed by atoms with E-state index in [0.29, 0.717) is 30.0 Å². The van der Waals surface area contributed by atoms with E-state index < -0.39 is 0 Å². The molecular weight excluding hydrogens is 302 g/mol. The van der Waals surface area contributed by atoms with Gasteiger partial charge in [-0.3, -0.25) is 9.59 Å². The first-order valence-electron chi connectivity index (χ1n) is 8.92. The summed E-state index contributed by atoms with van der Waals surface area (Å²) >= 11 is 0. The minimum atomic E-state index is -0.101. The molecule has 1 aromatic carbocycles. The summed E-state index contributed by atoms with van der Waals surface area (Å²) in [5.74, 6) is 1.18. The standard InChI is InChI=1S/C19H27N3O2/c1-21-18(23)13-7-5-12(6-8-13)11-22-19(24)16-9-14-3-2-4-15(10-16)17(14)20/h5-8,14-17H,2-4,9-11,20H2,1H3,(H,21,23)(H,22,24). The minimum absolute atomic E-state index is 0.101. The lowest BCUT2D eigenvalue weighted by molar-refractivity contribution is -0.128. The monoisotopic (exact) mass is 329 g/mol. The minimum Gasteiger partial charge on any atom is -0.355 e. The zero-order valence-electron chi connectivity index (χ0n) is 14.3. The third-order valence-corrected chi connectivity index (χ3v) is 5.69. The highest BCUT2D eigenvalue weighted by atomic mass is 16.2. The number of nitrogens with two attached hydrogens (primary N) is 1. The van der Waals surface area contributed by atoms with Gasteiger partial charge in [0.05, 0.1) is 0 Å². The van der Waals surface area contributed by atoms with Crippen LogP contribution < -0.4 is 16.4 Å². The number of nitrogens with one attached hydrogen (secondary N) is 2. The van der Waals surface area contributed by atoms with Crippen molar-refractivity contribution in [1.82, 2.24) is 10.6 Å². The van der Waals surface area contributed by atoms with Gasteiger partial charge < -0.3 is 16.4 Å². The molecule has 0 heterocycles. The van der Waals surface area contributed by atoms with Crippen molar-refractivity contribution in [3.63, 3.8) is 0 Å². The van der Waals surface area contributed by atoms with Gasteiger partial charge in [0, 0.05) is 31.1 Å². The summed E-state index contributed by atoms with van der Waals surface area (Å²) < 4.78 is 0. The fourth-order valence-electron chi connectivity index (χ4n) is 4.26. The first-order chi connectivity index (χ1) is 11.6. The largest absolute Gasteiger partial charge is 0.355 e. The molecule has 2 bridgehead atoms.